The van der Waals surface area contributed by atoms with E-state index >= 15 is 0 Å². The fraction of sp³-hybridized carbons (Fsp3) is 0.647. The monoisotopic (exact) mass is 324 g/mol. The van der Waals surface area contributed by atoms with Gasteiger partial charge in [0.15, 0.2) is 0 Å². The van der Waals surface area contributed by atoms with Gasteiger partial charge in [0.05, 0.1) is 5.75 Å². The number of hydrogen-bond acceptors (Lipinski definition) is 3. The molecule has 0 amide bonds. The van der Waals surface area contributed by atoms with Crippen LogP contribution in [0.2, 0.25) is 0 Å². The number of hydrogen-bond donors (Lipinski definition) is 0. The van der Waals surface area contributed by atoms with Gasteiger partial charge in [-0.15, -0.1) is 0 Å². The molecular weight excluding hydrogens is 296 g/mol. The lowest BCUT2D eigenvalue weighted by Crippen LogP contribution is -2.51. The molecule has 2 rings (SSSR count). The maximum absolute atomic E-state index is 12.5. The van der Waals surface area contributed by atoms with Crippen molar-refractivity contribution in [1.82, 2.24) is 9.21 Å². The maximum atomic E-state index is 12.5. The molecule has 1 fully saturated rings. The van der Waals surface area contributed by atoms with E-state index in [0.717, 1.165) is 25.2 Å². The van der Waals surface area contributed by atoms with Crippen LogP contribution in [0, 0.1) is 5.41 Å². The fourth-order valence-electron chi connectivity index (χ4n) is 2.86. The van der Waals surface area contributed by atoms with Crippen LogP contribution in [0.3, 0.4) is 0 Å². The second-order valence-corrected chi connectivity index (χ2v) is 9.38. The van der Waals surface area contributed by atoms with Crippen LogP contribution in [-0.2, 0) is 16.4 Å². The molecule has 5 heteroatoms. The van der Waals surface area contributed by atoms with Crippen molar-refractivity contribution in [3.05, 3.63) is 35.9 Å². The summed E-state index contributed by atoms with van der Waals surface area (Å²) in [7, 11) is -3.14. The molecule has 22 heavy (non-hydrogen) atoms. The van der Waals surface area contributed by atoms with Gasteiger partial charge in [-0.25, -0.2) is 8.42 Å². The molecule has 0 saturated carbocycles. The summed E-state index contributed by atoms with van der Waals surface area (Å²) in [6, 6.07) is 9.82. The predicted octanol–water partition coefficient (Wildman–Crippen LogP) is 2.22. The number of nitrogens with zero attached hydrogens (tertiary/aromatic N) is 2. The molecule has 1 aliphatic heterocycles. The Morgan fingerprint density at radius 1 is 1.00 bits per heavy atom. The quantitative estimate of drug-likeness (QED) is 0.834. The van der Waals surface area contributed by atoms with Gasteiger partial charge in [0.2, 0.25) is 10.0 Å². The summed E-state index contributed by atoms with van der Waals surface area (Å²) in [5, 5.41) is 0. The van der Waals surface area contributed by atoms with Gasteiger partial charge in [0.1, 0.15) is 0 Å². The van der Waals surface area contributed by atoms with Crippen LogP contribution in [-0.4, -0.2) is 56.1 Å². The second kappa shape index (κ2) is 7.11. The largest absolute Gasteiger partial charge is 0.300 e. The first-order valence-corrected chi connectivity index (χ1v) is 9.61. The van der Waals surface area contributed by atoms with Crippen LogP contribution < -0.4 is 0 Å². The minimum Gasteiger partial charge on any atom is -0.300 e. The van der Waals surface area contributed by atoms with Crippen LogP contribution in [0.5, 0.6) is 0 Å². The van der Waals surface area contributed by atoms with Gasteiger partial charge in [-0.1, -0.05) is 51.1 Å². The Morgan fingerprint density at radius 2 is 1.59 bits per heavy atom. The predicted molar refractivity (Wildman–Crippen MR) is 91.4 cm³/mol. The molecule has 124 valence electrons. The SMILES string of the molecule is CC(C)(C)CN1CCN(S(=O)(=O)CCc2ccccc2)CC1. The normalized spacial score (nSPS) is 18.5. The lowest BCUT2D eigenvalue weighted by molar-refractivity contribution is 0.141. The summed E-state index contributed by atoms with van der Waals surface area (Å²) in [5.74, 6) is 0.205. The minimum absolute atomic E-state index is 0.205. The van der Waals surface area contributed by atoms with Gasteiger partial charge in [-0.05, 0) is 17.4 Å². The Bertz CT molecular complexity index is 556. The van der Waals surface area contributed by atoms with E-state index in [9.17, 15) is 8.42 Å². The molecule has 0 aromatic heterocycles. The lowest BCUT2D eigenvalue weighted by atomic mass is 9.96. The van der Waals surface area contributed by atoms with E-state index in [1.807, 2.05) is 30.3 Å². The molecule has 0 radical (unpaired) electrons. The third-order valence-electron chi connectivity index (χ3n) is 3.91. The third kappa shape index (κ3) is 5.38. The highest BCUT2D eigenvalue weighted by atomic mass is 32.2. The van der Waals surface area contributed by atoms with E-state index in [2.05, 4.69) is 25.7 Å². The lowest BCUT2D eigenvalue weighted by Gasteiger charge is -2.37. The van der Waals surface area contributed by atoms with Crippen molar-refractivity contribution in [2.24, 2.45) is 5.41 Å². The number of benzene rings is 1. The molecule has 1 aromatic carbocycles. The number of piperazine rings is 1. The Labute approximate surface area is 135 Å². The minimum atomic E-state index is -3.14. The molecule has 1 heterocycles. The summed E-state index contributed by atoms with van der Waals surface area (Å²) < 4.78 is 26.6. The zero-order chi connectivity index (χ0) is 16.2. The van der Waals surface area contributed by atoms with E-state index in [1.54, 1.807) is 4.31 Å². The van der Waals surface area contributed by atoms with Crippen LogP contribution >= 0.6 is 0 Å². The second-order valence-electron chi connectivity index (χ2n) is 7.29. The molecule has 0 spiro atoms. The Morgan fingerprint density at radius 3 is 2.14 bits per heavy atom. The molecule has 0 aliphatic carbocycles. The molecule has 1 aliphatic rings. The standard InChI is InChI=1S/C17H28N2O2S/c1-17(2,3)15-18-10-12-19(13-11-18)22(20,21)14-9-16-7-5-4-6-8-16/h4-8H,9-15H2,1-3H3. The van der Waals surface area contributed by atoms with Gasteiger partial charge in [0, 0.05) is 32.7 Å². The molecule has 0 atom stereocenters. The highest BCUT2D eigenvalue weighted by Crippen LogP contribution is 2.17. The summed E-state index contributed by atoms with van der Waals surface area (Å²) in [4.78, 5) is 2.36. The van der Waals surface area contributed by atoms with Gasteiger partial charge in [-0.2, -0.15) is 4.31 Å². The topological polar surface area (TPSA) is 40.6 Å². The summed E-state index contributed by atoms with van der Waals surface area (Å²) in [6.45, 7) is 10.6. The molecule has 0 N–H and O–H groups in total. The van der Waals surface area contributed by atoms with Crippen molar-refractivity contribution in [2.75, 3.05) is 38.5 Å². The van der Waals surface area contributed by atoms with Crippen molar-refractivity contribution in [2.45, 2.75) is 27.2 Å². The number of rotatable bonds is 5. The number of aryl methyl sites for hydroxylation is 1. The molecular formula is C17H28N2O2S. The molecule has 1 aromatic rings. The van der Waals surface area contributed by atoms with Gasteiger partial charge < -0.3 is 4.90 Å². The smallest absolute Gasteiger partial charge is 0.214 e. The fourth-order valence-corrected chi connectivity index (χ4v) is 4.33. The zero-order valence-electron chi connectivity index (χ0n) is 14.0. The molecule has 4 nitrogen and oxygen atoms in total. The zero-order valence-corrected chi connectivity index (χ0v) is 14.8. The van der Waals surface area contributed by atoms with E-state index < -0.39 is 10.0 Å². The van der Waals surface area contributed by atoms with Crippen molar-refractivity contribution < 1.29 is 8.42 Å². The van der Waals surface area contributed by atoms with Crippen molar-refractivity contribution in [3.8, 4) is 0 Å². The van der Waals surface area contributed by atoms with Gasteiger partial charge >= 0.3 is 0 Å². The molecule has 1 saturated heterocycles. The summed E-state index contributed by atoms with van der Waals surface area (Å²) in [6.07, 6.45) is 0.589. The van der Waals surface area contributed by atoms with Crippen LogP contribution in [0.1, 0.15) is 26.3 Å². The average Bonchev–Trinajstić information content (AvgIpc) is 2.45. The van der Waals surface area contributed by atoms with Crippen LogP contribution in [0.4, 0.5) is 0 Å². The van der Waals surface area contributed by atoms with E-state index in [-0.39, 0.29) is 11.2 Å². The van der Waals surface area contributed by atoms with Crippen molar-refractivity contribution in [3.63, 3.8) is 0 Å². The summed E-state index contributed by atoms with van der Waals surface area (Å²) in [5.41, 5.74) is 1.34. The Hall–Kier alpha value is -0.910. The van der Waals surface area contributed by atoms with Crippen LogP contribution in [0.15, 0.2) is 30.3 Å². The first-order chi connectivity index (χ1) is 10.3. The maximum Gasteiger partial charge on any atom is 0.214 e. The Balaban J connectivity index is 1.84. The third-order valence-corrected chi connectivity index (χ3v) is 5.79. The average molecular weight is 324 g/mol. The van der Waals surface area contributed by atoms with E-state index in [1.165, 1.54) is 0 Å². The van der Waals surface area contributed by atoms with E-state index in [4.69, 9.17) is 0 Å². The number of sulfonamides is 1. The highest BCUT2D eigenvalue weighted by molar-refractivity contribution is 7.89. The van der Waals surface area contributed by atoms with Crippen molar-refractivity contribution in [1.29, 1.82) is 0 Å². The Kier molecular flexibility index (Phi) is 5.64. The summed E-state index contributed by atoms with van der Waals surface area (Å²) >= 11 is 0. The first kappa shape index (κ1) is 17.4. The van der Waals surface area contributed by atoms with Gasteiger partial charge in [-0.3, -0.25) is 0 Å². The van der Waals surface area contributed by atoms with E-state index in [0.29, 0.717) is 19.5 Å². The highest BCUT2D eigenvalue weighted by Gasteiger charge is 2.28. The molecule has 0 bridgehead atoms. The van der Waals surface area contributed by atoms with Crippen molar-refractivity contribution >= 4 is 10.0 Å². The van der Waals surface area contributed by atoms with Crippen LogP contribution in [0.25, 0.3) is 0 Å². The molecule has 0 unspecified atom stereocenters. The van der Waals surface area contributed by atoms with Gasteiger partial charge in [0.25, 0.3) is 0 Å². The first-order valence-electron chi connectivity index (χ1n) is 8.00.